The lowest BCUT2D eigenvalue weighted by Gasteiger charge is -2.16. The summed E-state index contributed by atoms with van der Waals surface area (Å²) in [5.41, 5.74) is 4.53. The lowest BCUT2D eigenvalue weighted by Crippen LogP contribution is -2.15. The fraction of sp³-hybridized carbons (Fsp3) is 0.316. The first-order valence-corrected chi connectivity index (χ1v) is 7.80. The number of hydrogen-bond acceptors (Lipinski definition) is 3. The van der Waals surface area contributed by atoms with Crippen molar-refractivity contribution in [3.05, 3.63) is 54.1 Å². The molecule has 3 nitrogen and oxygen atoms in total. The molecule has 0 radical (unpaired) electrons. The van der Waals surface area contributed by atoms with Crippen molar-refractivity contribution in [2.75, 3.05) is 37.0 Å². The highest BCUT2D eigenvalue weighted by molar-refractivity contribution is 5.82. The van der Waals surface area contributed by atoms with Crippen LogP contribution in [0.25, 0.3) is 0 Å². The van der Waals surface area contributed by atoms with E-state index in [4.69, 9.17) is 0 Å². The van der Waals surface area contributed by atoms with Crippen LogP contribution < -0.4 is 9.80 Å². The smallest absolute Gasteiger partial charge is 0.0631 e. The van der Waals surface area contributed by atoms with Gasteiger partial charge in [-0.3, -0.25) is 4.99 Å². The predicted octanol–water partition coefficient (Wildman–Crippen LogP) is 4.35. The third-order valence-corrected chi connectivity index (χ3v) is 3.94. The highest BCUT2D eigenvalue weighted by atomic mass is 15.1. The van der Waals surface area contributed by atoms with Crippen molar-refractivity contribution in [1.29, 1.82) is 0 Å². The van der Waals surface area contributed by atoms with E-state index in [-0.39, 0.29) is 0 Å². The maximum atomic E-state index is 4.54. The van der Waals surface area contributed by atoms with E-state index in [0.717, 1.165) is 24.3 Å². The minimum Gasteiger partial charge on any atom is -0.375 e. The maximum Gasteiger partial charge on any atom is 0.0631 e. The Morgan fingerprint density at radius 3 is 1.68 bits per heavy atom. The van der Waals surface area contributed by atoms with Crippen LogP contribution in [0.2, 0.25) is 0 Å². The molecule has 0 saturated carbocycles. The van der Waals surface area contributed by atoms with Crippen LogP contribution in [-0.2, 0) is 0 Å². The first-order chi connectivity index (χ1) is 10.6. The van der Waals surface area contributed by atoms with Crippen molar-refractivity contribution in [2.45, 2.75) is 13.8 Å². The Labute approximate surface area is 133 Å². The minimum absolute atomic E-state index is 0.975. The summed E-state index contributed by atoms with van der Waals surface area (Å²) in [5, 5.41) is 0. The van der Waals surface area contributed by atoms with Crippen LogP contribution in [-0.4, -0.2) is 33.4 Å². The fourth-order valence-corrected chi connectivity index (χ4v) is 2.12. The number of nitrogens with zero attached hydrogens (tertiary/aromatic N) is 3. The Bertz CT molecular complexity index is 544. The number of hydrogen-bond donors (Lipinski definition) is 0. The summed E-state index contributed by atoms with van der Waals surface area (Å²) in [4.78, 5) is 8.96. The summed E-state index contributed by atoms with van der Waals surface area (Å²) in [6, 6.07) is 16.8. The average Bonchev–Trinajstić information content (AvgIpc) is 2.59. The van der Waals surface area contributed by atoms with E-state index in [1.807, 2.05) is 6.21 Å². The summed E-state index contributed by atoms with van der Waals surface area (Å²) >= 11 is 0. The normalized spacial score (nSPS) is 10.9. The number of anilines is 2. The molecule has 116 valence electrons. The standard InChI is InChI=1S/C19H25N3/c1-5-21(3)18-11-7-16(8-12-18)15-20-17-9-13-19(14-10-17)22(4)6-2/h7-15H,5-6H2,1-4H3. The second kappa shape index (κ2) is 7.64. The van der Waals surface area contributed by atoms with Gasteiger partial charge in [0.05, 0.1) is 5.69 Å². The van der Waals surface area contributed by atoms with Crippen LogP contribution in [0.15, 0.2) is 53.5 Å². The molecule has 2 aromatic carbocycles. The number of rotatable bonds is 6. The fourth-order valence-electron chi connectivity index (χ4n) is 2.12. The van der Waals surface area contributed by atoms with Crippen LogP contribution in [0.4, 0.5) is 17.1 Å². The van der Waals surface area contributed by atoms with Gasteiger partial charge in [0.25, 0.3) is 0 Å². The zero-order valence-electron chi connectivity index (χ0n) is 14.0. The van der Waals surface area contributed by atoms with E-state index in [0.29, 0.717) is 0 Å². The second-order valence-corrected chi connectivity index (χ2v) is 5.39. The molecule has 0 fully saturated rings. The van der Waals surface area contributed by atoms with Crippen molar-refractivity contribution in [1.82, 2.24) is 0 Å². The molecule has 0 bridgehead atoms. The summed E-state index contributed by atoms with van der Waals surface area (Å²) in [5.74, 6) is 0. The first-order valence-electron chi connectivity index (χ1n) is 7.80. The largest absolute Gasteiger partial charge is 0.375 e. The second-order valence-electron chi connectivity index (χ2n) is 5.39. The molecule has 0 unspecified atom stereocenters. The molecule has 0 aromatic heterocycles. The molecule has 0 N–H and O–H groups in total. The summed E-state index contributed by atoms with van der Waals surface area (Å²) < 4.78 is 0. The van der Waals surface area contributed by atoms with Gasteiger partial charge in [0.1, 0.15) is 0 Å². The molecule has 22 heavy (non-hydrogen) atoms. The molecule has 0 aliphatic carbocycles. The van der Waals surface area contributed by atoms with Crippen LogP contribution in [0.1, 0.15) is 19.4 Å². The topological polar surface area (TPSA) is 18.8 Å². The monoisotopic (exact) mass is 295 g/mol. The Kier molecular flexibility index (Phi) is 5.59. The Balaban J connectivity index is 2.05. The van der Waals surface area contributed by atoms with E-state index in [1.54, 1.807) is 0 Å². The molecular weight excluding hydrogens is 270 g/mol. The van der Waals surface area contributed by atoms with Gasteiger partial charge < -0.3 is 9.80 Å². The van der Waals surface area contributed by atoms with Crippen LogP contribution in [0.5, 0.6) is 0 Å². The Morgan fingerprint density at radius 2 is 1.23 bits per heavy atom. The molecular formula is C19H25N3. The van der Waals surface area contributed by atoms with Gasteiger partial charge in [0, 0.05) is 44.8 Å². The minimum atomic E-state index is 0.975. The predicted molar refractivity (Wildman–Crippen MR) is 98.0 cm³/mol. The number of benzene rings is 2. The van der Waals surface area contributed by atoms with Crippen LogP contribution in [0.3, 0.4) is 0 Å². The number of aliphatic imine (C=N–C) groups is 1. The van der Waals surface area contributed by atoms with E-state index in [1.165, 1.54) is 11.4 Å². The van der Waals surface area contributed by atoms with Crippen molar-refractivity contribution >= 4 is 23.3 Å². The molecule has 3 heteroatoms. The Hall–Kier alpha value is -2.29. The third-order valence-electron chi connectivity index (χ3n) is 3.94. The quantitative estimate of drug-likeness (QED) is 0.738. The van der Waals surface area contributed by atoms with E-state index in [2.05, 4.69) is 91.3 Å². The first kappa shape index (κ1) is 16.1. The van der Waals surface area contributed by atoms with Gasteiger partial charge in [-0.05, 0) is 55.8 Å². The van der Waals surface area contributed by atoms with Gasteiger partial charge in [-0.1, -0.05) is 12.1 Å². The average molecular weight is 295 g/mol. The van der Waals surface area contributed by atoms with Crippen LogP contribution >= 0.6 is 0 Å². The van der Waals surface area contributed by atoms with Crippen molar-refractivity contribution in [3.63, 3.8) is 0 Å². The Morgan fingerprint density at radius 1 is 0.773 bits per heavy atom. The molecule has 0 aliphatic heterocycles. The molecule has 0 amide bonds. The van der Waals surface area contributed by atoms with Gasteiger partial charge >= 0.3 is 0 Å². The zero-order chi connectivity index (χ0) is 15.9. The van der Waals surface area contributed by atoms with E-state index < -0.39 is 0 Å². The summed E-state index contributed by atoms with van der Waals surface area (Å²) in [6.45, 7) is 6.30. The van der Waals surface area contributed by atoms with Gasteiger partial charge in [-0.25, -0.2) is 0 Å². The van der Waals surface area contributed by atoms with Gasteiger partial charge in [0.15, 0.2) is 0 Å². The molecule has 2 rings (SSSR count). The van der Waals surface area contributed by atoms with Gasteiger partial charge in [-0.15, -0.1) is 0 Å². The van der Waals surface area contributed by atoms with Crippen LogP contribution in [0, 0.1) is 0 Å². The zero-order valence-corrected chi connectivity index (χ0v) is 14.0. The molecule has 0 atom stereocenters. The lowest BCUT2D eigenvalue weighted by molar-refractivity contribution is 0.968. The van der Waals surface area contributed by atoms with E-state index in [9.17, 15) is 0 Å². The SMILES string of the molecule is CCN(C)c1ccc(C=Nc2ccc(N(C)CC)cc2)cc1. The maximum absolute atomic E-state index is 4.54. The third kappa shape index (κ3) is 4.10. The van der Waals surface area contributed by atoms with Gasteiger partial charge in [-0.2, -0.15) is 0 Å². The van der Waals surface area contributed by atoms with E-state index >= 15 is 0 Å². The van der Waals surface area contributed by atoms with Crippen molar-refractivity contribution < 1.29 is 0 Å². The summed E-state index contributed by atoms with van der Waals surface area (Å²) in [7, 11) is 4.19. The highest BCUT2D eigenvalue weighted by Gasteiger charge is 1.98. The van der Waals surface area contributed by atoms with Crippen molar-refractivity contribution in [2.24, 2.45) is 4.99 Å². The van der Waals surface area contributed by atoms with Gasteiger partial charge in [0.2, 0.25) is 0 Å². The summed E-state index contributed by atoms with van der Waals surface area (Å²) in [6.07, 6.45) is 1.91. The molecule has 0 aliphatic rings. The lowest BCUT2D eigenvalue weighted by atomic mass is 10.2. The highest BCUT2D eigenvalue weighted by Crippen LogP contribution is 2.19. The molecule has 2 aromatic rings. The molecule has 0 saturated heterocycles. The molecule has 0 spiro atoms. The molecule has 0 heterocycles. The van der Waals surface area contributed by atoms with Crippen molar-refractivity contribution in [3.8, 4) is 0 Å².